The minimum Gasteiger partial charge on any atom is -0.329 e. The van der Waals surface area contributed by atoms with Gasteiger partial charge in [0.2, 0.25) is 10.0 Å². The van der Waals surface area contributed by atoms with Crippen molar-refractivity contribution >= 4 is 10.0 Å². The molecule has 1 saturated heterocycles. The second-order valence-corrected chi connectivity index (χ2v) is 6.70. The molecule has 0 spiro atoms. The predicted octanol–water partition coefficient (Wildman–Crippen LogP) is 1.50. The third kappa shape index (κ3) is 2.58. The minimum atomic E-state index is -3.39. The molecule has 18 heavy (non-hydrogen) atoms. The molecule has 4 nitrogen and oxygen atoms in total. The molecular weight excluding hydrogens is 248 g/mol. The van der Waals surface area contributed by atoms with Crippen LogP contribution in [0.15, 0.2) is 29.2 Å². The molecular formula is C13H20N2O2S. The van der Waals surface area contributed by atoms with Crippen LogP contribution in [0.25, 0.3) is 0 Å². The maximum Gasteiger partial charge on any atom is 0.243 e. The monoisotopic (exact) mass is 268 g/mol. The summed E-state index contributed by atoms with van der Waals surface area (Å²) < 4.78 is 26.6. The van der Waals surface area contributed by atoms with Gasteiger partial charge in [-0.05, 0) is 31.9 Å². The Bertz CT molecular complexity index is 496. The number of nitrogens with zero attached hydrogens (tertiary/aromatic N) is 1. The molecule has 1 unspecified atom stereocenters. The van der Waals surface area contributed by atoms with E-state index < -0.39 is 10.0 Å². The van der Waals surface area contributed by atoms with Crippen LogP contribution >= 0.6 is 0 Å². The van der Waals surface area contributed by atoms with E-state index >= 15 is 0 Å². The van der Waals surface area contributed by atoms with E-state index in [1.807, 2.05) is 19.1 Å². The number of hydrogen-bond donors (Lipinski definition) is 1. The van der Waals surface area contributed by atoms with Crippen LogP contribution in [0, 0.1) is 6.92 Å². The molecule has 1 fully saturated rings. The van der Waals surface area contributed by atoms with E-state index in [2.05, 4.69) is 0 Å². The van der Waals surface area contributed by atoms with Gasteiger partial charge in [-0.25, -0.2) is 8.42 Å². The smallest absolute Gasteiger partial charge is 0.243 e. The summed E-state index contributed by atoms with van der Waals surface area (Å²) in [5.74, 6) is 0. The maximum atomic E-state index is 12.5. The fourth-order valence-electron chi connectivity index (χ4n) is 2.37. The molecule has 1 aromatic carbocycles. The zero-order valence-electron chi connectivity index (χ0n) is 10.7. The lowest BCUT2D eigenvalue weighted by Crippen LogP contribution is -2.47. The lowest BCUT2D eigenvalue weighted by atomic mass is 10.1. The second-order valence-electron chi connectivity index (χ2n) is 4.81. The first kappa shape index (κ1) is 13.5. The van der Waals surface area contributed by atoms with E-state index in [4.69, 9.17) is 5.73 Å². The molecule has 1 aromatic rings. The molecule has 1 atom stereocenters. The van der Waals surface area contributed by atoms with Crippen molar-refractivity contribution in [3.63, 3.8) is 0 Å². The number of nitrogens with two attached hydrogens (primary N) is 1. The zero-order chi connectivity index (χ0) is 13.2. The quantitative estimate of drug-likeness (QED) is 0.903. The molecule has 0 aromatic heterocycles. The van der Waals surface area contributed by atoms with Gasteiger partial charge in [0.25, 0.3) is 0 Å². The number of piperidine rings is 1. The van der Waals surface area contributed by atoms with Crippen molar-refractivity contribution in [3.05, 3.63) is 29.8 Å². The van der Waals surface area contributed by atoms with Gasteiger partial charge in [-0.15, -0.1) is 0 Å². The number of sulfonamides is 1. The van der Waals surface area contributed by atoms with Crippen molar-refractivity contribution in [3.8, 4) is 0 Å². The van der Waals surface area contributed by atoms with Gasteiger partial charge >= 0.3 is 0 Å². The van der Waals surface area contributed by atoms with Gasteiger partial charge in [-0.1, -0.05) is 24.1 Å². The Morgan fingerprint density at radius 2 is 1.94 bits per heavy atom. The first-order valence-electron chi connectivity index (χ1n) is 6.34. The van der Waals surface area contributed by atoms with Crippen LogP contribution < -0.4 is 5.73 Å². The van der Waals surface area contributed by atoms with Crippen LogP contribution in [-0.4, -0.2) is 31.9 Å². The van der Waals surface area contributed by atoms with Crippen LogP contribution in [-0.2, 0) is 10.0 Å². The SMILES string of the molecule is Cc1ccc(S(=O)(=O)N2CCCCC2CN)cc1. The highest BCUT2D eigenvalue weighted by Crippen LogP contribution is 2.24. The van der Waals surface area contributed by atoms with E-state index in [0.717, 1.165) is 24.8 Å². The molecule has 2 rings (SSSR count). The van der Waals surface area contributed by atoms with Gasteiger partial charge < -0.3 is 5.73 Å². The molecule has 0 saturated carbocycles. The molecule has 0 bridgehead atoms. The van der Waals surface area contributed by atoms with Gasteiger partial charge in [-0.2, -0.15) is 4.31 Å². The molecule has 0 aliphatic carbocycles. The van der Waals surface area contributed by atoms with Gasteiger partial charge in [-0.3, -0.25) is 0 Å². The van der Waals surface area contributed by atoms with E-state index in [1.54, 1.807) is 16.4 Å². The Labute approximate surface area is 109 Å². The standard InChI is InChI=1S/C13H20N2O2S/c1-11-5-7-13(8-6-11)18(16,17)15-9-3-2-4-12(15)10-14/h5-8,12H,2-4,9-10,14H2,1H3. The Balaban J connectivity index is 2.32. The molecule has 1 heterocycles. The van der Waals surface area contributed by atoms with Crippen LogP contribution in [0.3, 0.4) is 0 Å². The van der Waals surface area contributed by atoms with Crippen molar-refractivity contribution in [2.45, 2.75) is 37.1 Å². The second kappa shape index (κ2) is 5.38. The average Bonchev–Trinajstić information content (AvgIpc) is 2.39. The van der Waals surface area contributed by atoms with Crippen molar-refractivity contribution in [2.24, 2.45) is 5.73 Å². The van der Waals surface area contributed by atoms with E-state index in [-0.39, 0.29) is 6.04 Å². The van der Waals surface area contributed by atoms with Crippen molar-refractivity contribution in [2.75, 3.05) is 13.1 Å². The first-order valence-corrected chi connectivity index (χ1v) is 7.78. The Morgan fingerprint density at radius 3 is 2.56 bits per heavy atom. The third-order valence-electron chi connectivity index (χ3n) is 3.47. The Hall–Kier alpha value is -0.910. The van der Waals surface area contributed by atoms with Gasteiger partial charge in [0.15, 0.2) is 0 Å². The topological polar surface area (TPSA) is 63.4 Å². The highest BCUT2D eigenvalue weighted by Gasteiger charge is 2.32. The fourth-order valence-corrected chi connectivity index (χ4v) is 4.08. The zero-order valence-corrected chi connectivity index (χ0v) is 11.5. The van der Waals surface area contributed by atoms with E-state index in [0.29, 0.717) is 18.0 Å². The molecule has 5 heteroatoms. The maximum absolute atomic E-state index is 12.5. The first-order chi connectivity index (χ1) is 8.55. The summed E-state index contributed by atoms with van der Waals surface area (Å²) in [5, 5.41) is 0. The largest absolute Gasteiger partial charge is 0.329 e. The fraction of sp³-hybridized carbons (Fsp3) is 0.538. The van der Waals surface area contributed by atoms with Crippen LogP contribution in [0.5, 0.6) is 0 Å². The minimum absolute atomic E-state index is 0.0509. The summed E-state index contributed by atoms with van der Waals surface area (Å²) in [4.78, 5) is 0.369. The number of aryl methyl sites for hydroxylation is 1. The van der Waals surface area contributed by atoms with Crippen LogP contribution in [0.4, 0.5) is 0 Å². The Kier molecular flexibility index (Phi) is 4.04. The summed E-state index contributed by atoms with van der Waals surface area (Å²) >= 11 is 0. The Morgan fingerprint density at radius 1 is 1.28 bits per heavy atom. The van der Waals surface area contributed by atoms with E-state index in [1.165, 1.54) is 0 Å². The third-order valence-corrected chi connectivity index (χ3v) is 5.44. The van der Waals surface area contributed by atoms with Crippen molar-refractivity contribution in [1.82, 2.24) is 4.31 Å². The van der Waals surface area contributed by atoms with Crippen LogP contribution in [0.2, 0.25) is 0 Å². The van der Waals surface area contributed by atoms with E-state index in [9.17, 15) is 8.42 Å². The molecule has 1 aliphatic heterocycles. The lowest BCUT2D eigenvalue weighted by Gasteiger charge is -2.33. The summed E-state index contributed by atoms with van der Waals surface area (Å²) in [6.45, 7) is 2.92. The molecule has 100 valence electrons. The predicted molar refractivity (Wildman–Crippen MR) is 71.8 cm³/mol. The molecule has 1 aliphatic rings. The number of rotatable bonds is 3. The summed E-state index contributed by atoms with van der Waals surface area (Å²) in [6.07, 6.45) is 2.84. The summed E-state index contributed by atoms with van der Waals surface area (Å²) in [6, 6.07) is 6.95. The van der Waals surface area contributed by atoms with Gasteiger partial charge in [0, 0.05) is 19.1 Å². The van der Waals surface area contributed by atoms with Crippen molar-refractivity contribution in [1.29, 1.82) is 0 Å². The molecule has 0 radical (unpaired) electrons. The molecule has 2 N–H and O–H groups in total. The highest BCUT2D eigenvalue weighted by atomic mass is 32.2. The van der Waals surface area contributed by atoms with Crippen molar-refractivity contribution < 1.29 is 8.42 Å². The van der Waals surface area contributed by atoms with Gasteiger partial charge in [0.1, 0.15) is 0 Å². The summed E-state index contributed by atoms with van der Waals surface area (Å²) in [5.41, 5.74) is 6.74. The van der Waals surface area contributed by atoms with Gasteiger partial charge in [0.05, 0.1) is 4.90 Å². The average molecular weight is 268 g/mol. The normalized spacial score (nSPS) is 22.0. The van der Waals surface area contributed by atoms with Crippen LogP contribution in [0.1, 0.15) is 24.8 Å². The number of hydrogen-bond acceptors (Lipinski definition) is 3. The lowest BCUT2D eigenvalue weighted by molar-refractivity contribution is 0.257. The summed E-state index contributed by atoms with van der Waals surface area (Å²) in [7, 11) is -3.39. The highest BCUT2D eigenvalue weighted by molar-refractivity contribution is 7.89. The molecule has 0 amide bonds. The number of benzene rings is 1.